The second-order valence-corrected chi connectivity index (χ2v) is 26.3. The van der Waals surface area contributed by atoms with Gasteiger partial charge in [-0.3, -0.25) is 19.7 Å². The van der Waals surface area contributed by atoms with Crippen LogP contribution in [0.3, 0.4) is 0 Å². The van der Waals surface area contributed by atoms with Crippen molar-refractivity contribution in [3.05, 3.63) is 292 Å². The monoisotopic (exact) mass is 1390 g/mol. The van der Waals surface area contributed by atoms with E-state index in [2.05, 4.69) is 158 Å². The van der Waals surface area contributed by atoms with Crippen molar-refractivity contribution in [1.82, 2.24) is 25.3 Å². The van der Waals surface area contributed by atoms with Crippen LogP contribution in [-0.4, -0.2) is 101 Å². The van der Waals surface area contributed by atoms with E-state index in [1.807, 2.05) is 127 Å². The van der Waals surface area contributed by atoms with Crippen LogP contribution >= 0.6 is 0 Å². The zero-order chi connectivity index (χ0) is 73.7. The highest BCUT2D eigenvalue weighted by Crippen LogP contribution is 2.43. The fourth-order valence-electron chi connectivity index (χ4n) is 12.0. The Hall–Kier alpha value is -11.3. The van der Waals surface area contributed by atoms with Crippen molar-refractivity contribution < 1.29 is 61.9 Å². The summed E-state index contributed by atoms with van der Waals surface area (Å²) in [6, 6.07) is 63.8. The molecule has 3 unspecified atom stereocenters. The summed E-state index contributed by atoms with van der Waals surface area (Å²) in [4.78, 5) is 69.1. The molecule has 1 amide bonds. The Morgan fingerprint density at radius 1 is 0.495 bits per heavy atom. The van der Waals surface area contributed by atoms with Crippen LogP contribution in [-0.2, 0) is 64.6 Å². The molecule has 10 aromatic rings. The van der Waals surface area contributed by atoms with Gasteiger partial charge in [0.15, 0.2) is 17.8 Å². The zero-order valence-corrected chi connectivity index (χ0v) is 60.4. The van der Waals surface area contributed by atoms with Gasteiger partial charge in [0.25, 0.3) is 5.91 Å². The fourth-order valence-corrected chi connectivity index (χ4v) is 12.0. The van der Waals surface area contributed by atoms with Crippen molar-refractivity contribution in [3.8, 4) is 28.7 Å². The molecule has 0 saturated heterocycles. The van der Waals surface area contributed by atoms with E-state index in [1.165, 1.54) is 49.8 Å². The van der Waals surface area contributed by atoms with Crippen molar-refractivity contribution >= 4 is 29.7 Å². The van der Waals surface area contributed by atoms with E-state index in [0.29, 0.717) is 49.0 Å². The Kier molecular flexibility index (Phi) is 26.0. The number of nitrogens with zero attached hydrogens (tertiary/aromatic N) is 5. The largest absolute Gasteiger partial charge is 0.487 e. The number of oxazole rings is 1. The SMILES string of the molecule is COC(=O)[C@@H](CO)NC(=O)c1ccc(C(C)(c2ccc(OCc3ccccn3)cc2)C(C)C)cc1.COC(=O)[C@H]1COC(c2ccc(C(C)(c3ccc(OCc4ccccn4)cc3)C(C)C)cc2)=N1.COC(=O)c1coc(-c2ccc(C(C)(c3ccc(OCc4ccccn4)cc3)C(C)C)cc2)n1. The van der Waals surface area contributed by atoms with Crippen LogP contribution in [0, 0.1) is 17.8 Å². The predicted molar refractivity (Wildman–Crippen MR) is 394 cm³/mol. The first-order chi connectivity index (χ1) is 49.6. The topological polar surface area (TPSA) is 242 Å². The third kappa shape index (κ3) is 18.6. The molecule has 19 heteroatoms. The number of rotatable bonds is 26. The number of aliphatic hydroxyl groups is 1. The predicted octanol–water partition coefficient (Wildman–Crippen LogP) is 14.9. The molecular formula is C84H90N6O13. The lowest BCUT2D eigenvalue weighted by molar-refractivity contribution is -0.144. The number of ether oxygens (including phenoxy) is 7. The molecule has 11 rings (SSSR count). The lowest BCUT2D eigenvalue weighted by Gasteiger charge is -2.35. The first kappa shape index (κ1) is 75.9. The van der Waals surface area contributed by atoms with E-state index in [4.69, 9.17) is 32.8 Å². The number of hydrogen-bond donors (Lipinski definition) is 2. The Labute approximate surface area is 602 Å². The molecule has 0 fully saturated rings. The van der Waals surface area contributed by atoms with Crippen molar-refractivity contribution in [1.29, 1.82) is 0 Å². The minimum atomic E-state index is -1.11. The van der Waals surface area contributed by atoms with Crippen LogP contribution in [0.4, 0.5) is 0 Å². The molecule has 0 aliphatic carbocycles. The summed E-state index contributed by atoms with van der Waals surface area (Å²) in [7, 11) is 3.88. The average Bonchev–Trinajstić information content (AvgIpc) is 0.981. The normalized spacial score (nSPS) is 14.4. The number of aliphatic imine (C=N–C) groups is 1. The standard InChI is InChI=1S/C28H32N2O5.C28H30N2O4.C28H28N2O4/c1-19(2)28(3,22-12-14-24(15-13-22)35-18-23-7-5-6-16-29-23)21-10-8-20(9-11-21)26(32)30-25(17-31)27(33)34-4;2*1-19(2)28(3,22-12-14-24(15-13-22)33-17-23-7-5-6-16-29-23)21-10-8-20(9-11-21)26-30-25(18-34-26)27(31)32-4/h5-16,19,25,31H,17-18H2,1-4H3,(H,30,32);5-16,19,25H,17-18H2,1-4H3;5-16,18-19H,17H2,1-4H3/t2*25-,28?;/m11./s1. The Morgan fingerprint density at radius 2 is 0.874 bits per heavy atom. The van der Waals surface area contributed by atoms with Gasteiger partial charge >= 0.3 is 17.9 Å². The molecule has 5 heterocycles. The van der Waals surface area contributed by atoms with Crippen LogP contribution in [0.25, 0.3) is 11.5 Å². The summed E-state index contributed by atoms with van der Waals surface area (Å²) in [6.07, 6.45) is 6.59. The number of pyridine rings is 3. The van der Waals surface area contributed by atoms with Gasteiger partial charge in [-0.05, 0) is 160 Å². The minimum Gasteiger partial charge on any atom is -0.487 e. The summed E-state index contributed by atoms with van der Waals surface area (Å²) in [5.74, 6) is 2.14. The van der Waals surface area contributed by atoms with Gasteiger partial charge in [-0.1, -0.05) is 153 Å². The van der Waals surface area contributed by atoms with Gasteiger partial charge in [-0.15, -0.1) is 0 Å². The molecular weight excluding hydrogens is 1300 g/mol. The van der Waals surface area contributed by atoms with Gasteiger partial charge in [0.2, 0.25) is 11.8 Å². The van der Waals surface area contributed by atoms with Crippen LogP contribution in [0.1, 0.15) is 139 Å². The van der Waals surface area contributed by atoms with E-state index in [9.17, 15) is 24.3 Å². The number of esters is 3. The maximum Gasteiger partial charge on any atom is 0.360 e. The molecule has 0 bridgehead atoms. The summed E-state index contributed by atoms with van der Waals surface area (Å²) in [5, 5.41) is 11.8. The summed E-state index contributed by atoms with van der Waals surface area (Å²) < 4.78 is 42.9. The number of aliphatic hydroxyl groups excluding tert-OH is 1. The zero-order valence-electron chi connectivity index (χ0n) is 60.4. The number of aromatic nitrogens is 4. The number of hydrogen-bond acceptors (Lipinski definition) is 18. The molecule has 103 heavy (non-hydrogen) atoms. The number of methoxy groups -OCH3 is 3. The molecule has 2 N–H and O–H groups in total. The van der Waals surface area contributed by atoms with Crippen molar-refractivity contribution in [2.75, 3.05) is 34.5 Å². The molecule has 5 atom stereocenters. The van der Waals surface area contributed by atoms with E-state index < -0.39 is 36.5 Å². The molecule has 6 aromatic carbocycles. The smallest absolute Gasteiger partial charge is 0.360 e. The van der Waals surface area contributed by atoms with Crippen molar-refractivity contribution in [2.45, 2.75) is 110 Å². The quantitative estimate of drug-likeness (QED) is 0.0378. The van der Waals surface area contributed by atoms with E-state index in [1.54, 1.807) is 30.7 Å². The van der Waals surface area contributed by atoms with Crippen LogP contribution in [0.2, 0.25) is 0 Å². The van der Waals surface area contributed by atoms with Gasteiger partial charge in [0.1, 0.15) is 49.9 Å². The van der Waals surface area contributed by atoms with Crippen molar-refractivity contribution in [3.63, 3.8) is 0 Å². The Morgan fingerprint density at radius 3 is 1.21 bits per heavy atom. The summed E-state index contributed by atoms with van der Waals surface area (Å²) in [5.41, 5.74) is 11.1. The first-order valence-corrected chi connectivity index (χ1v) is 34.2. The van der Waals surface area contributed by atoms with E-state index >= 15 is 0 Å². The third-order valence-electron chi connectivity index (χ3n) is 19.4. The first-order valence-electron chi connectivity index (χ1n) is 34.2. The summed E-state index contributed by atoms with van der Waals surface area (Å²) >= 11 is 0. The number of benzene rings is 6. The maximum absolute atomic E-state index is 12.6. The van der Waals surface area contributed by atoms with Crippen molar-refractivity contribution in [2.24, 2.45) is 22.7 Å². The number of carbonyl (C=O) groups is 4. The number of nitrogens with one attached hydrogen (secondary N) is 1. The number of amides is 1. The number of carbonyl (C=O) groups excluding carboxylic acids is 4. The maximum atomic E-state index is 12.6. The fraction of sp³-hybridized carbons (Fsp3) is 0.298. The Balaban J connectivity index is 0.000000179. The molecule has 1 aliphatic rings. The molecule has 0 spiro atoms. The van der Waals surface area contributed by atoms with Gasteiger partial charge in [0, 0.05) is 51.5 Å². The molecule has 19 nitrogen and oxygen atoms in total. The molecule has 0 radical (unpaired) electrons. The lowest BCUT2D eigenvalue weighted by atomic mass is 9.68. The highest BCUT2D eigenvalue weighted by molar-refractivity contribution is 5.98. The minimum absolute atomic E-state index is 0.152. The van der Waals surface area contributed by atoms with E-state index in [-0.39, 0.29) is 40.4 Å². The van der Waals surface area contributed by atoms with Crippen LogP contribution in [0.15, 0.2) is 234 Å². The molecule has 1 aliphatic heterocycles. The van der Waals surface area contributed by atoms with Crippen LogP contribution < -0.4 is 19.5 Å². The summed E-state index contributed by atoms with van der Waals surface area (Å²) in [6.45, 7) is 20.8. The molecule has 4 aromatic heterocycles. The van der Waals surface area contributed by atoms with Gasteiger partial charge < -0.3 is 48.0 Å². The Bertz CT molecular complexity index is 4390. The third-order valence-corrected chi connectivity index (χ3v) is 19.4. The lowest BCUT2D eigenvalue weighted by Crippen LogP contribution is -2.44. The second-order valence-electron chi connectivity index (χ2n) is 26.3. The van der Waals surface area contributed by atoms with Gasteiger partial charge in [-0.2, -0.15) is 0 Å². The molecule has 534 valence electrons. The average molecular weight is 1390 g/mol. The molecule has 0 saturated carbocycles. The van der Waals surface area contributed by atoms with Crippen LogP contribution in [0.5, 0.6) is 17.2 Å². The van der Waals surface area contributed by atoms with Gasteiger partial charge in [-0.25, -0.2) is 24.4 Å². The van der Waals surface area contributed by atoms with Gasteiger partial charge in [0.05, 0.1) is 45.0 Å². The van der Waals surface area contributed by atoms with E-state index in [0.717, 1.165) is 56.6 Å². The highest BCUT2D eigenvalue weighted by atomic mass is 16.5. The highest BCUT2D eigenvalue weighted by Gasteiger charge is 2.36. The second kappa shape index (κ2) is 35.3.